The zero-order chi connectivity index (χ0) is 24.4. The highest BCUT2D eigenvalue weighted by atomic mass is 16.4. The molecule has 0 spiro atoms. The molecule has 190 valence electrons. The van der Waals surface area contributed by atoms with Crippen molar-refractivity contribution < 1.29 is 40.5 Å². The van der Waals surface area contributed by atoms with Crippen molar-refractivity contribution in [3.63, 3.8) is 0 Å². The van der Waals surface area contributed by atoms with Crippen molar-refractivity contribution in [1.29, 1.82) is 0 Å². The number of unbranched alkanes of at least 4 members (excludes halogenated alkanes) is 10. The van der Waals surface area contributed by atoms with Crippen LogP contribution in [0.4, 0.5) is 0 Å². The van der Waals surface area contributed by atoms with E-state index in [2.05, 4.69) is 19.1 Å². The SMILES string of the molecule is CCCCCCCC/C=C\CCCCCCC(C(=O)O)C(O)[C@@H](O)[C@@H](O)[C@H](O)[C@H](O)CO. The molecule has 0 aromatic rings. The highest BCUT2D eigenvalue weighted by Crippen LogP contribution is 2.21. The van der Waals surface area contributed by atoms with Gasteiger partial charge in [0.15, 0.2) is 0 Å². The molecule has 8 nitrogen and oxygen atoms in total. The quantitative estimate of drug-likeness (QED) is 0.101. The summed E-state index contributed by atoms with van der Waals surface area (Å²) in [7, 11) is 0. The van der Waals surface area contributed by atoms with Crippen molar-refractivity contribution in [2.75, 3.05) is 6.61 Å². The third-order valence-electron chi connectivity index (χ3n) is 5.89. The average Bonchev–Trinajstić information content (AvgIpc) is 2.78. The van der Waals surface area contributed by atoms with Crippen LogP contribution in [0.3, 0.4) is 0 Å². The first-order valence-corrected chi connectivity index (χ1v) is 12.2. The monoisotopic (exact) mass is 462 g/mol. The van der Waals surface area contributed by atoms with Crippen LogP contribution in [-0.2, 0) is 4.79 Å². The Bertz CT molecular complexity index is 485. The minimum Gasteiger partial charge on any atom is -0.481 e. The van der Waals surface area contributed by atoms with E-state index in [0.717, 1.165) is 32.1 Å². The predicted octanol–water partition coefficient (Wildman–Crippen LogP) is 2.13. The number of rotatable bonds is 21. The standard InChI is InChI=1S/C24H46O8/c1-2-3-4-5-6-7-8-9-10-11-12-13-14-15-16-18(24(31)32)20(27)22(29)23(30)21(28)19(26)17-25/h9-10,18-23,25-30H,2-8,11-17H2,1H3,(H,31,32)/b10-9-/t18?,19-,20?,21-,22-,23+/m1/s1. The van der Waals surface area contributed by atoms with Gasteiger partial charge in [-0.1, -0.05) is 70.4 Å². The second-order valence-corrected chi connectivity index (χ2v) is 8.68. The molecule has 0 heterocycles. The molecule has 8 heteroatoms. The Kier molecular flexibility index (Phi) is 18.8. The van der Waals surface area contributed by atoms with Gasteiger partial charge in [0.2, 0.25) is 0 Å². The molecule has 0 aliphatic rings. The Hall–Kier alpha value is -1.03. The summed E-state index contributed by atoms with van der Waals surface area (Å²) in [6.07, 6.45) is 8.25. The summed E-state index contributed by atoms with van der Waals surface area (Å²) in [6.45, 7) is 1.37. The Morgan fingerprint density at radius 3 is 1.66 bits per heavy atom. The van der Waals surface area contributed by atoms with Crippen molar-refractivity contribution in [3.8, 4) is 0 Å². The lowest BCUT2D eigenvalue weighted by Crippen LogP contribution is -2.52. The summed E-state index contributed by atoms with van der Waals surface area (Å²) in [5.41, 5.74) is 0. The molecule has 7 N–H and O–H groups in total. The Morgan fingerprint density at radius 1 is 0.688 bits per heavy atom. The first-order chi connectivity index (χ1) is 15.3. The second kappa shape index (κ2) is 19.4. The molecule has 0 saturated heterocycles. The van der Waals surface area contributed by atoms with Gasteiger partial charge < -0.3 is 35.7 Å². The lowest BCUT2D eigenvalue weighted by molar-refractivity contribution is -0.165. The van der Waals surface area contributed by atoms with Crippen molar-refractivity contribution in [3.05, 3.63) is 12.2 Å². The van der Waals surface area contributed by atoms with Crippen molar-refractivity contribution in [2.24, 2.45) is 5.92 Å². The van der Waals surface area contributed by atoms with Crippen LogP contribution in [0.2, 0.25) is 0 Å². The lowest BCUT2D eigenvalue weighted by atomic mass is 9.88. The van der Waals surface area contributed by atoms with E-state index < -0.39 is 49.0 Å². The first kappa shape index (κ1) is 31.0. The number of hydrogen-bond donors (Lipinski definition) is 7. The van der Waals surface area contributed by atoms with Crippen LogP contribution in [0.25, 0.3) is 0 Å². The van der Waals surface area contributed by atoms with E-state index in [1.165, 1.54) is 38.5 Å². The van der Waals surface area contributed by atoms with Crippen LogP contribution in [0.5, 0.6) is 0 Å². The highest BCUT2D eigenvalue weighted by Gasteiger charge is 2.39. The minimum atomic E-state index is -1.99. The summed E-state index contributed by atoms with van der Waals surface area (Å²) in [5.74, 6) is -2.62. The largest absolute Gasteiger partial charge is 0.481 e. The number of allylic oxidation sites excluding steroid dienone is 2. The molecule has 0 fully saturated rings. The maximum Gasteiger partial charge on any atom is 0.309 e. The lowest BCUT2D eigenvalue weighted by Gasteiger charge is -2.31. The fraction of sp³-hybridized carbons (Fsp3) is 0.875. The maximum atomic E-state index is 11.5. The van der Waals surface area contributed by atoms with E-state index in [-0.39, 0.29) is 6.42 Å². The summed E-state index contributed by atoms with van der Waals surface area (Å²) in [6, 6.07) is 0. The number of aliphatic hydroxyl groups excluding tert-OH is 6. The molecule has 6 atom stereocenters. The number of aliphatic carboxylic acids is 1. The molecule has 2 unspecified atom stereocenters. The van der Waals surface area contributed by atoms with Crippen LogP contribution >= 0.6 is 0 Å². The van der Waals surface area contributed by atoms with Gasteiger partial charge in [0.1, 0.15) is 24.4 Å². The van der Waals surface area contributed by atoms with E-state index in [9.17, 15) is 35.4 Å². The fourth-order valence-corrected chi connectivity index (χ4v) is 3.68. The summed E-state index contributed by atoms with van der Waals surface area (Å²) < 4.78 is 0. The molecule has 0 amide bonds. The molecule has 0 bridgehead atoms. The van der Waals surface area contributed by atoms with E-state index >= 15 is 0 Å². The van der Waals surface area contributed by atoms with Crippen LogP contribution in [0.1, 0.15) is 90.4 Å². The Labute approximate surface area is 192 Å². The molecule has 0 saturated carbocycles. The van der Waals surface area contributed by atoms with Gasteiger partial charge in [-0.15, -0.1) is 0 Å². The van der Waals surface area contributed by atoms with Gasteiger partial charge in [-0.25, -0.2) is 0 Å². The number of carboxylic acids is 1. The molecule has 0 radical (unpaired) electrons. The average molecular weight is 463 g/mol. The second-order valence-electron chi connectivity index (χ2n) is 8.68. The Balaban J connectivity index is 4.09. The molecule has 32 heavy (non-hydrogen) atoms. The molecule has 0 aromatic carbocycles. The normalized spacial score (nSPS) is 17.7. The number of carbonyl (C=O) groups is 1. The van der Waals surface area contributed by atoms with Crippen LogP contribution < -0.4 is 0 Å². The molecule has 0 aliphatic carbocycles. The third kappa shape index (κ3) is 13.5. The van der Waals surface area contributed by atoms with Crippen LogP contribution in [0, 0.1) is 5.92 Å². The Morgan fingerprint density at radius 2 is 1.16 bits per heavy atom. The molecular weight excluding hydrogens is 416 g/mol. The van der Waals surface area contributed by atoms with Crippen LogP contribution in [-0.4, -0.2) is 78.8 Å². The molecular formula is C24H46O8. The van der Waals surface area contributed by atoms with E-state index in [0.29, 0.717) is 6.42 Å². The topological polar surface area (TPSA) is 159 Å². The van der Waals surface area contributed by atoms with Gasteiger partial charge >= 0.3 is 5.97 Å². The van der Waals surface area contributed by atoms with Crippen molar-refractivity contribution in [2.45, 2.75) is 121 Å². The first-order valence-electron chi connectivity index (χ1n) is 12.2. The van der Waals surface area contributed by atoms with Gasteiger partial charge in [0.05, 0.1) is 18.6 Å². The van der Waals surface area contributed by atoms with Crippen molar-refractivity contribution in [1.82, 2.24) is 0 Å². The van der Waals surface area contributed by atoms with E-state index in [4.69, 9.17) is 5.11 Å². The summed E-state index contributed by atoms with van der Waals surface area (Å²) in [4.78, 5) is 11.5. The van der Waals surface area contributed by atoms with Gasteiger partial charge in [0.25, 0.3) is 0 Å². The molecule has 0 aliphatic heterocycles. The van der Waals surface area contributed by atoms with Gasteiger partial charge in [-0.05, 0) is 32.1 Å². The minimum absolute atomic E-state index is 0.118. The highest BCUT2D eigenvalue weighted by molar-refractivity contribution is 5.70. The van der Waals surface area contributed by atoms with Gasteiger partial charge in [-0.2, -0.15) is 0 Å². The molecule has 0 aromatic heterocycles. The van der Waals surface area contributed by atoms with Crippen molar-refractivity contribution >= 4 is 5.97 Å². The summed E-state index contributed by atoms with van der Waals surface area (Å²) >= 11 is 0. The molecule has 0 rings (SSSR count). The fourth-order valence-electron chi connectivity index (χ4n) is 3.68. The zero-order valence-electron chi connectivity index (χ0n) is 19.6. The zero-order valence-corrected chi connectivity index (χ0v) is 19.6. The smallest absolute Gasteiger partial charge is 0.309 e. The third-order valence-corrected chi connectivity index (χ3v) is 5.89. The summed E-state index contributed by atoms with van der Waals surface area (Å²) in [5, 5.41) is 67.2. The predicted molar refractivity (Wildman–Crippen MR) is 123 cm³/mol. The van der Waals surface area contributed by atoms with E-state index in [1.807, 2.05) is 0 Å². The number of hydrogen-bond acceptors (Lipinski definition) is 7. The van der Waals surface area contributed by atoms with E-state index in [1.54, 1.807) is 0 Å². The van der Waals surface area contributed by atoms with Crippen LogP contribution in [0.15, 0.2) is 12.2 Å². The number of aliphatic hydroxyl groups is 6. The van der Waals surface area contributed by atoms with Gasteiger partial charge in [-0.3, -0.25) is 4.79 Å². The maximum absolute atomic E-state index is 11.5. The van der Waals surface area contributed by atoms with Gasteiger partial charge in [0, 0.05) is 0 Å². The number of carboxylic acid groups (broad SMARTS) is 1.